The molecular weight excluding hydrogens is 344 g/mol. The Morgan fingerprint density at radius 2 is 1.96 bits per heavy atom. The van der Waals surface area contributed by atoms with Crippen molar-refractivity contribution in [2.75, 3.05) is 19.8 Å². The van der Waals surface area contributed by atoms with E-state index in [1.807, 2.05) is 39.0 Å². The van der Waals surface area contributed by atoms with Crippen LogP contribution in [-0.4, -0.2) is 48.0 Å². The fourth-order valence-corrected chi connectivity index (χ4v) is 3.97. The van der Waals surface area contributed by atoms with Crippen LogP contribution in [0.4, 0.5) is 4.79 Å². The average molecular weight is 372 g/mol. The Balaban J connectivity index is 1.78. The van der Waals surface area contributed by atoms with Gasteiger partial charge in [-0.3, -0.25) is 9.79 Å². The zero-order valence-electron chi connectivity index (χ0n) is 16.2. The van der Waals surface area contributed by atoms with Gasteiger partial charge in [-0.15, -0.1) is 0 Å². The van der Waals surface area contributed by atoms with Gasteiger partial charge in [-0.1, -0.05) is 18.2 Å². The van der Waals surface area contributed by atoms with E-state index < -0.39 is 11.0 Å². The second-order valence-electron chi connectivity index (χ2n) is 8.31. The number of carbonyl (C=O) groups is 2. The van der Waals surface area contributed by atoms with Crippen LogP contribution >= 0.6 is 0 Å². The number of fused-ring (bicyclic) bond motifs is 1. The number of carbonyl (C=O) groups excluding carboxylic acids is 2. The van der Waals surface area contributed by atoms with E-state index in [-0.39, 0.29) is 18.5 Å². The number of nitrogens with zero attached hydrogens (tertiary/aromatic N) is 2. The van der Waals surface area contributed by atoms with Crippen molar-refractivity contribution < 1.29 is 14.3 Å². The van der Waals surface area contributed by atoms with Crippen molar-refractivity contribution in [1.82, 2.24) is 4.90 Å². The molecule has 1 saturated heterocycles. The molecule has 146 valence electrons. The number of hydrogen-bond acceptors (Lipinski definition) is 5. The number of nitrogens with two attached hydrogens (primary N) is 2. The maximum atomic E-state index is 13.2. The lowest BCUT2D eigenvalue weighted by Gasteiger charge is -2.38. The summed E-state index contributed by atoms with van der Waals surface area (Å²) in [7, 11) is 0. The highest BCUT2D eigenvalue weighted by Crippen LogP contribution is 2.45. The van der Waals surface area contributed by atoms with Gasteiger partial charge < -0.3 is 21.1 Å². The quantitative estimate of drug-likeness (QED) is 0.610. The molecule has 4 N–H and O–H groups in total. The predicted molar refractivity (Wildman–Crippen MR) is 104 cm³/mol. The van der Waals surface area contributed by atoms with Crippen LogP contribution in [0.3, 0.4) is 0 Å². The van der Waals surface area contributed by atoms with E-state index in [4.69, 9.17) is 16.2 Å². The number of ketones is 1. The van der Waals surface area contributed by atoms with Gasteiger partial charge in [0.1, 0.15) is 11.4 Å². The maximum Gasteiger partial charge on any atom is 0.410 e. The molecule has 0 radical (unpaired) electrons. The summed E-state index contributed by atoms with van der Waals surface area (Å²) in [5, 5.41) is 0. The number of rotatable bonds is 2. The van der Waals surface area contributed by atoms with E-state index in [1.54, 1.807) is 4.90 Å². The molecule has 27 heavy (non-hydrogen) atoms. The summed E-state index contributed by atoms with van der Waals surface area (Å²) in [5.41, 5.74) is 13.0. The molecule has 7 heteroatoms. The zero-order chi connectivity index (χ0) is 19.8. The highest BCUT2D eigenvalue weighted by Gasteiger charge is 2.48. The molecule has 1 spiro atoms. The van der Waals surface area contributed by atoms with Gasteiger partial charge in [-0.05, 0) is 45.6 Å². The average Bonchev–Trinajstić information content (AvgIpc) is 2.86. The highest BCUT2D eigenvalue weighted by molar-refractivity contribution is 6.09. The highest BCUT2D eigenvalue weighted by atomic mass is 16.6. The lowest BCUT2D eigenvalue weighted by Crippen LogP contribution is -2.47. The van der Waals surface area contributed by atoms with Crippen LogP contribution in [0, 0.1) is 5.41 Å². The van der Waals surface area contributed by atoms with Gasteiger partial charge in [0.05, 0.1) is 6.67 Å². The van der Waals surface area contributed by atoms with Gasteiger partial charge in [0, 0.05) is 29.6 Å². The van der Waals surface area contributed by atoms with Gasteiger partial charge in [0.25, 0.3) is 0 Å². The van der Waals surface area contributed by atoms with E-state index in [2.05, 4.69) is 4.99 Å². The number of hydrogen-bond donors (Lipinski definition) is 2. The first kappa shape index (κ1) is 19.4. The molecular formula is C20H28N4O3. The Bertz CT molecular complexity index is 787. The molecule has 2 aliphatic rings. The second kappa shape index (κ2) is 6.96. The molecule has 0 aromatic heterocycles. The molecule has 1 heterocycles. The molecule has 0 saturated carbocycles. The Labute approximate surface area is 159 Å². The minimum atomic E-state index is -0.527. The van der Waals surface area contributed by atoms with Crippen molar-refractivity contribution in [3.8, 4) is 0 Å². The SMILES string of the molecule is CC(C)(C)OC(=O)N1CCC2(CC1)Cc1c(cccc1C(N)=NCN)C2=O. The molecule has 3 rings (SSSR count). The number of aliphatic imine (C=N–C) groups is 1. The largest absolute Gasteiger partial charge is 0.444 e. The van der Waals surface area contributed by atoms with E-state index in [9.17, 15) is 9.59 Å². The van der Waals surface area contributed by atoms with Gasteiger partial charge in [-0.2, -0.15) is 0 Å². The summed E-state index contributed by atoms with van der Waals surface area (Å²) in [5.74, 6) is 0.508. The van der Waals surface area contributed by atoms with E-state index in [1.165, 1.54) is 0 Å². The number of amidine groups is 1. The lowest BCUT2D eigenvalue weighted by atomic mass is 9.75. The van der Waals surface area contributed by atoms with E-state index >= 15 is 0 Å². The van der Waals surface area contributed by atoms with Crippen molar-refractivity contribution in [1.29, 1.82) is 0 Å². The Hall–Kier alpha value is -2.41. The van der Waals surface area contributed by atoms with Gasteiger partial charge in [0.2, 0.25) is 0 Å². The van der Waals surface area contributed by atoms with Crippen LogP contribution in [0.5, 0.6) is 0 Å². The summed E-state index contributed by atoms with van der Waals surface area (Å²) in [4.78, 5) is 31.3. The van der Waals surface area contributed by atoms with Gasteiger partial charge >= 0.3 is 6.09 Å². The summed E-state index contributed by atoms with van der Waals surface area (Å²) >= 11 is 0. The van der Waals surface area contributed by atoms with Crippen LogP contribution < -0.4 is 11.5 Å². The Kier molecular flexibility index (Phi) is 4.99. The van der Waals surface area contributed by atoms with Crippen molar-refractivity contribution in [2.24, 2.45) is 21.9 Å². The Morgan fingerprint density at radius 1 is 1.30 bits per heavy atom. The number of piperidine rings is 1. The third kappa shape index (κ3) is 3.69. The number of ether oxygens (including phenoxy) is 1. The fraction of sp³-hybridized carbons (Fsp3) is 0.550. The number of likely N-dealkylation sites (tertiary alicyclic amines) is 1. The third-order valence-corrected chi connectivity index (χ3v) is 5.33. The van der Waals surface area contributed by atoms with Crippen LogP contribution in [-0.2, 0) is 11.2 Å². The molecule has 0 atom stereocenters. The van der Waals surface area contributed by atoms with Crippen molar-refractivity contribution in [3.63, 3.8) is 0 Å². The molecule has 1 aromatic rings. The molecule has 0 bridgehead atoms. The summed E-state index contributed by atoms with van der Waals surface area (Å²) in [6.07, 6.45) is 1.54. The molecule has 1 amide bonds. The van der Waals surface area contributed by atoms with Crippen molar-refractivity contribution >= 4 is 17.7 Å². The maximum absolute atomic E-state index is 13.2. The van der Waals surface area contributed by atoms with E-state index in [0.29, 0.717) is 43.8 Å². The lowest BCUT2D eigenvalue weighted by molar-refractivity contribution is 0.0114. The summed E-state index contributed by atoms with van der Waals surface area (Å²) < 4.78 is 5.45. The van der Waals surface area contributed by atoms with Crippen LogP contribution in [0.15, 0.2) is 23.2 Å². The molecule has 7 nitrogen and oxygen atoms in total. The molecule has 0 unspecified atom stereocenters. The second-order valence-corrected chi connectivity index (χ2v) is 8.31. The monoisotopic (exact) mass is 372 g/mol. The molecule has 1 aliphatic heterocycles. The standard InChI is InChI=1S/C20H28N4O3/c1-19(2,3)27-18(26)24-9-7-20(8-10-24)11-15-13(16(20)25)5-4-6-14(15)17(22)23-12-21/h4-6H,7-12,21H2,1-3H3,(H2,22,23). The van der Waals surface area contributed by atoms with Crippen LogP contribution in [0.1, 0.15) is 55.1 Å². The van der Waals surface area contributed by atoms with E-state index in [0.717, 1.165) is 11.1 Å². The van der Waals surface area contributed by atoms with Gasteiger partial charge in [-0.25, -0.2) is 4.79 Å². The summed E-state index contributed by atoms with van der Waals surface area (Å²) in [6, 6.07) is 5.57. The van der Waals surface area contributed by atoms with Crippen LogP contribution in [0.2, 0.25) is 0 Å². The number of Topliss-reactive ketones (excluding diaryl/α,β-unsaturated/α-hetero) is 1. The first-order valence-corrected chi connectivity index (χ1v) is 9.32. The van der Waals surface area contributed by atoms with Gasteiger partial charge in [0.15, 0.2) is 5.78 Å². The number of benzene rings is 1. The van der Waals surface area contributed by atoms with Crippen molar-refractivity contribution in [3.05, 3.63) is 34.9 Å². The minimum Gasteiger partial charge on any atom is -0.444 e. The molecule has 1 fully saturated rings. The first-order valence-electron chi connectivity index (χ1n) is 9.32. The normalized spacial score (nSPS) is 19.3. The smallest absolute Gasteiger partial charge is 0.410 e. The van der Waals surface area contributed by atoms with Crippen LogP contribution in [0.25, 0.3) is 0 Å². The predicted octanol–water partition coefficient (Wildman–Crippen LogP) is 2.06. The molecule has 1 aliphatic carbocycles. The molecule has 1 aromatic carbocycles. The fourth-order valence-electron chi connectivity index (χ4n) is 3.97. The zero-order valence-corrected chi connectivity index (χ0v) is 16.2. The third-order valence-electron chi connectivity index (χ3n) is 5.33. The first-order chi connectivity index (χ1) is 12.7. The topological polar surface area (TPSA) is 111 Å². The van der Waals surface area contributed by atoms with Crippen molar-refractivity contribution in [2.45, 2.75) is 45.6 Å². The summed E-state index contributed by atoms with van der Waals surface area (Å²) in [6.45, 7) is 6.68. The Morgan fingerprint density at radius 3 is 2.56 bits per heavy atom. The minimum absolute atomic E-state index is 0.111. The number of amides is 1.